The standard InChI is InChI=1S/C13H24N2O4S/c1-2-13(6-4-7-13)10-14-20(18,19)15-8-3-5-11(9-15)12(16)17/h11,14H,2-10H2,1H3,(H,16,17). The summed E-state index contributed by atoms with van der Waals surface area (Å²) >= 11 is 0. The summed E-state index contributed by atoms with van der Waals surface area (Å²) in [5.74, 6) is -1.49. The van der Waals surface area contributed by atoms with Gasteiger partial charge in [-0.1, -0.05) is 13.3 Å². The third-order valence-corrected chi connectivity index (χ3v) is 6.39. The Labute approximate surface area is 120 Å². The van der Waals surface area contributed by atoms with E-state index in [-0.39, 0.29) is 12.0 Å². The van der Waals surface area contributed by atoms with Crippen molar-refractivity contribution >= 4 is 16.2 Å². The minimum atomic E-state index is -3.55. The van der Waals surface area contributed by atoms with Gasteiger partial charge in [0.25, 0.3) is 10.2 Å². The Morgan fingerprint density at radius 1 is 1.40 bits per heavy atom. The van der Waals surface area contributed by atoms with Gasteiger partial charge in [0.1, 0.15) is 0 Å². The van der Waals surface area contributed by atoms with Gasteiger partial charge in [0.05, 0.1) is 5.92 Å². The van der Waals surface area contributed by atoms with Crippen molar-refractivity contribution in [3.8, 4) is 0 Å². The predicted molar refractivity (Wildman–Crippen MR) is 75.4 cm³/mol. The van der Waals surface area contributed by atoms with Crippen molar-refractivity contribution in [1.82, 2.24) is 9.03 Å². The van der Waals surface area contributed by atoms with Crippen LogP contribution in [0.5, 0.6) is 0 Å². The van der Waals surface area contributed by atoms with Crippen LogP contribution in [0.2, 0.25) is 0 Å². The number of hydrogen-bond donors (Lipinski definition) is 2. The molecule has 0 aromatic rings. The van der Waals surface area contributed by atoms with Crippen LogP contribution in [0.1, 0.15) is 45.4 Å². The molecule has 1 saturated carbocycles. The summed E-state index contributed by atoms with van der Waals surface area (Å²) in [6.45, 7) is 3.07. The molecule has 0 bridgehead atoms. The number of carboxylic acids is 1. The second-order valence-corrected chi connectivity index (χ2v) is 7.82. The van der Waals surface area contributed by atoms with Gasteiger partial charge in [-0.25, -0.2) is 4.72 Å². The van der Waals surface area contributed by atoms with E-state index < -0.39 is 22.1 Å². The van der Waals surface area contributed by atoms with Crippen molar-refractivity contribution in [2.45, 2.75) is 45.4 Å². The topological polar surface area (TPSA) is 86.7 Å². The van der Waals surface area contributed by atoms with Crippen LogP contribution in [0.4, 0.5) is 0 Å². The third kappa shape index (κ3) is 3.32. The molecule has 1 unspecified atom stereocenters. The molecule has 0 aromatic heterocycles. The maximum atomic E-state index is 12.3. The van der Waals surface area contributed by atoms with E-state index in [4.69, 9.17) is 5.11 Å². The van der Waals surface area contributed by atoms with Gasteiger partial charge in [-0.2, -0.15) is 12.7 Å². The Bertz CT molecular complexity index is 453. The monoisotopic (exact) mass is 304 g/mol. The quantitative estimate of drug-likeness (QED) is 0.772. The van der Waals surface area contributed by atoms with Crippen molar-refractivity contribution < 1.29 is 18.3 Å². The molecular formula is C13H24N2O4S. The van der Waals surface area contributed by atoms with Crippen LogP contribution in [0.25, 0.3) is 0 Å². The molecule has 2 rings (SSSR count). The van der Waals surface area contributed by atoms with Gasteiger partial charge in [-0.05, 0) is 37.5 Å². The van der Waals surface area contributed by atoms with Crippen molar-refractivity contribution in [3.05, 3.63) is 0 Å². The largest absolute Gasteiger partial charge is 0.481 e. The lowest BCUT2D eigenvalue weighted by atomic mass is 9.67. The smallest absolute Gasteiger partial charge is 0.307 e. The highest BCUT2D eigenvalue weighted by atomic mass is 32.2. The second kappa shape index (κ2) is 5.99. The number of carbonyl (C=O) groups is 1. The first-order valence-corrected chi connectivity index (χ1v) is 8.80. The molecule has 1 saturated heterocycles. The molecule has 1 aliphatic carbocycles. The van der Waals surface area contributed by atoms with E-state index in [9.17, 15) is 13.2 Å². The van der Waals surface area contributed by atoms with Crippen LogP contribution >= 0.6 is 0 Å². The maximum absolute atomic E-state index is 12.3. The van der Waals surface area contributed by atoms with Crippen molar-refractivity contribution in [1.29, 1.82) is 0 Å². The van der Waals surface area contributed by atoms with E-state index in [1.807, 2.05) is 0 Å². The van der Waals surface area contributed by atoms with E-state index >= 15 is 0 Å². The van der Waals surface area contributed by atoms with E-state index in [0.29, 0.717) is 25.9 Å². The second-order valence-electron chi connectivity index (χ2n) is 6.07. The molecule has 1 atom stereocenters. The molecule has 20 heavy (non-hydrogen) atoms. The molecule has 0 amide bonds. The van der Waals surface area contributed by atoms with Crippen molar-refractivity contribution in [3.63, 3.8) is 0 Å². The van der Waals surface area contributed by atoms with E-state index in [0.717, 1.165) is 19.3 Å². The zero-order valence-corrected chi connectivity index (χ0v) is 12.8. The number of carboxylic acid groups (broad SMARTS) is 1. The molecule has 2 aliphatic rings. The fourth-order valence-corrected chi connectivity index (χ4v) is 4.45. The first kappa shape index (κ1) is 15.7. The molecule has 2 N–H and O–H groups in total. The van der Waals surface area contributed by atoms with Crippen LogP contribution in [0, 0.1) is 11.3 Å². The van der Waals surface area contributed by atoms with Gasteiger partial charge in [-0.3, -0.25) is 4.79 Å². The van der Waals surface area contributed by atoms with Crippen LogP contribution in [0.3, 0.4) is 0 Å². The minimum absolute atomic E-state index is 0.0871. The molecule has 0 spiro atoms. The van der Waals surface area contributed by atoms with E-state index in [2.05, 4.69) is 11.6 Å². The molecule has 2 fully saturated rings. The van der Waals surface area contributed by atoms with Crippen LogP contribution in [-0.2, 0) is 15.0 Å². The highest BCUT2D eigenvalue weighted by Gasteiger charge is 2.38. The number of nitrogens with zero attached hydrogens (tertiary/aromatic N) is 1. The van der Waals surface area contributed by atoms with Crippen molar-refractivity contribution in [2.75, 3.05) is 19.6 Å². The summed E-state index contributed by atoms with van der Waals surface area (Å²) in [6.07, 6.45) is 5.46. The Morgan fingerprint density at radius 3 is 2.60 bits per heavy atom. The molecule has 6 nitrogen and oxygen atoms in total. The Kier molecular flexibility index (Phi) is 4.71. The Balaban J connectivity index is 1.94. The van der Waals surface area contributed by atoms with Gasteiger partial charge < -0.3 is 5.11 Å². The number of hydrogen-bond acceptors (Lipinski definition) is 3. The lowest BCUT2D eigenvalue weighted by molar-refractivity contribution is -0.142. The molecule has 0 radical (unpaired) electrons. The van der Waals surface area contributed by atoms with Gasteiger partial charge in [-0.15, -0.1) is 0 Å². The zero-order valence-electron chi connectivity index (χ0n) is 12.0. The first-order valence-electron chi connectivity index (χ1n) is 7.36. The lowest BCUT2D eigenvalue weighted by Crippen LogP contribution is -2.50. The molecule has 0 aromatic carbocycles. The fraction of sp³-hybridized carbons (Fsp3) is 0.923. The molecule has 1 aliphatic heterocycles. The number of piperidine rings is 1. The summed E-state index contributed by atoms with van der Waals surface area (Å²) in [5, 5.41) is 9.02. The van der Waals surface area contributed by atoms with Gasteiger partial charge >= 0.3 is 5.97 Å². The molecule has 116 valence electrons. The van der Waals surface area contributed by atoms with Gasteiger partial charge in [0.15, 0.2) is 0 Å². The van der Waals surface area contributed by atoms with Crippen LogP contribution in [-0.4, -0.2) is 43.4 Å². The molecular weight excluding hydrogens is 280 g/mol. The van der Waals surface area contributed by atoms with Crippen LogP contribution in [0.15, 0.2) is 0 Å². The normalized spacial score (nSPS) is 26.9. The zero-order chi connectivity index (χ0) is 14.8. The number of aliphatic carboxylic acids is 1. The third-order valence-electron chi connectivity index (χ3n) is 4.87. The lowest BCUT2D eigenvalue weighted by Gasteiger charge is -2.42. The number of rotatable bonds is 6. The average molecular weight is 304 g/mol. The van der Waals surface area contributed by atoms with E-state index in [1.54, 1.807) is 0 Å². The maximum Gasteiger partial charge on any atom is 0.307 e. The minimum Gasteiger partial charge on any atom is -0.481 e. The Hall–Kier alpha value is -0.660. The SMILES string of the molecule is CCC1(CNS(=O)(=O)N2CCCC(C(=O)O)C2)CCC1. The Morgan fingerprint density at radius 2 is 2.10 bits per heavy atom. The van der Waals surface area contributed by atoms with Crippen LogP contribution < -0.4 is 4.72 Å². The highest BCUT2D eigenvalue weighted by Crippen LogP contribution is 2.43. The summed E-state index contributed by atoms with van der Waals surface area (Å²) in [6, 6.07) is 0. The molecule has 1 heterocycles. The number of nitrogens with one attached hydrogen (secondary N) is 1. The fourth-order valence-electron chi connectivity index (χ4n) is 3.03. The predicted octanol–water partition coefficient (Wildman–Crippen LogP) is 1.20. The van der Waals surface area contributed by atoms with Gasteiger partial charge in [0.2, 0.25) is 0 Å². The van der Waals surface area contributed by atoms with E-state index in [1.165, 1.54) is 10.7 Å². The summed E-state index contributed by atoms with van der Waals surface area (Å²) in [4.78, 5) is 11.0. The summed E-state index contributed by atoms with van der Waals surface area (Å²) in [5.41, 5.74) is 0.120. The summed E-state index contributed by atoms with van der Waals surface area (Å²) in [7, 11) is -3.55. The average Bonchev–Trinajstić information content (AvgIpc) is 2.38. The van der Waals surface area contributed by atoms with Crippen molar-refractivity contribution in [2.24, 2.45) is 11.3 Å². The summed E-state index contributed by atoms with van der Waals surface area (Å²) < 4.78 is 28.5. The highest BCUT2D eigenvalue weighted by molar-refractivity contribution is 7.87. The first-order chi connectivity index (χ1) is 9.38. The van der Waals surface area contributed by atoms with Gasteiger partial charge in [0, 0.05) is 19.6 Å². The molecule has 7 heteroatoms.